The van der Waals surface area contributed by atoms with Gasteiger partial charge in [0.15, 0.2) is 0 Å². The van der Waals surface area contributed by atoms with Crippen molar-refractivity contribution in [3.05, 3.63) is 28.7 Å². The van der Waals surface area contributed by atoms with E-state index < -0.39 is 0 Å². The fourth-order valence-corrected chi connectivity index (χ4v) is 2.07. The minimum absolute atomic E-state index is 0.0217. The van der Waals surface area contributed by atoms with E-state index in [0.29, 0.717) is 11.7 Å². The molecule has 18 heavy (non-hydrogen) atoms. The van der Waals surface area contributed by atoms with Gasteiger partial charge in [0.2, 0.25) is 0 Å². The van der Waals surface area contributed by atoms with Crippen LogP contribution in [0.3, 0.4) is 0 Å². The first-order valence-corrected chi connectivity index (χ1v) is 6.70. The first-order chi connectivity index (χ1) is 8.54. The molecule has 1 unspecified atom stereocenters. The van der Waals surface area contributed by atoms with E-state index in [1.165, 1.54) is 18.9 Å². The Hall–Kier alpha value is -1.29. The number of rotatable bonds is 7. The van der Waals surface area contributed by atoms with Crippen LogP contribution in [0.4, 0.5) is 5.69 Å². The molecule has 0 fully saturated rings. The second-order valence-corrected chi connectivity index (χ2v) is 4.97. The van der Waals surface area contributed by atoms with Gasteiger partial charge in [-0.25, -0.2) is 0 Å². The van der Waals surface area contributed by atoms with Gasteiger partial charge in [-0.2, -0.15) is 0 Å². The first kappa shape index (κ1) is 14.8. The fourth-order valence-electron chi connectivity index (χ4n) is 2.07. The second kappa shape index (κ2) is 7.21. The molecule has 0 aliphatic rings. The lowest BCUT2D eigenvalue weighted by Gasteiger charge is -2.24. The molecular weight excluding hydrogens is 226 g/mol. The standard InChI is InChI=1S/C14H25N3O/c1-4-6-12(2)16(3)9-5-10-17-11-13(15)7-8-14(17)18/h7-8,11-12H,4-6,9-10,15H2,1-3H3. The van der Waals surface area contributed by atoms with Crippen LogP contribution in [0.5, 0.6) is 0 Å². The average molecular weight is 251 g/mol. The van der Waals surface area contributed by atoms with Crippen LogP contribution >= 0.6 is 0 Å². The molecule has 0 aromatic carbocycles. The monoisotopic (exact) mass is 251 g/mol. The Bertz CT molecular complexity index is 414. The van der Waals surface area contributed by atoms with Gasteiger partial charge in [0.05, 0.1) is 0 Å². The zero-order valence-corrected chi connectivity index (χ0v) is 11.7. The van der Waals surface area contributed by atoms with E-state index >= 15 is 0 Å². The van der Waals surface area contributed by atoms with E-state index in [4.69, 9.17) is 5.73 Å². The summed E-state index contributed by atoms with van der Waals surface area (Å²) in [6.07, 6.45) is 5.11. The largest absolute Gasteiger partial charge is 0.398 e. The summed E-state index contributed by atoms with van der Waals surface area (Å²) < 4.78 is 1.69. The van der Waals surface area contributed by atoms with Crippen LogP contribution in [-0.2, 0) is 6.54 Å². The number of aryl methyl sites for hydroxylation is 1. The minimum Gasteiger partial charge on any atom is -0.398 e. The van der Waals surface area contributed by atoms with Crippen LogP contribution in [0.25, 0.3) is 0 Å². The number of pyridine rings is 1. The molecule has 1 heterocycles. The van der Waals surface area contributed by atoms with Crippen LogP contribution in [0.15, 0.2) is 23.1 Å². The predicted molar refractivity (Wildman–Crippen MR) is 76.7 cm³/mol. The Morgan fingerprint density at radius 1 is 1.44 bits per heavy atom. The Kier molecular flexibility index (Phi) is 5.92. The molecule has 102 valence electrons. The van der Waals surface area contributed by atoms with Gasteiger partial charge in [-0.05, 0) is 39.4 Å². The summed E-state index contributed by atoms with van der Waals surface area (Å²) in [5, 5.41) is 0. The lowest BCUT2D eigenvalue weighted by atomic mass is 10.1. The lowest BCUT2D eigenvalue weighted by Crippen LogP contribution is -2.31. The van der Waals surface area contributed by atoms with Crippen molar-refractivity contribution >= 4 is 5.69 Å². The van der Waals surface area contributed by atoms with Crippen molar-refractivity contribution in [1.29, 1.82) is 0 Å². The molecule has 1 atom stereocenters. The molecule has 1 rings (SSSR count). The van der Waals surface area contributed by atoms with Crippen molar-refractivity contribution in [1.82, 2.24) is 9.47 Å². The zero-order valence-electron chi connectivity index (χ0n) is 11.7. The van der Waals surface area contributed by atoms with E-state index in [9.17, 15) is 4.79 Å². The van der Waals surface area contributed by atoms with E-state index in [-0.39, 0.29) is 5.56 Å². The Labute approximate surface area is 109 Å². The highest BCUT2D eigenvalue weighted by molar-refractivity contribution is 5.33. The Balaban J connectivity index is 2.42. The maximum absolute atomic E-state index is 11.6. The molecule has 0 saturated carbocycles. The Morgan fingerprint density at radius 2 is 2.17 bits per heavy atom. The molecule has 2 N–H and O–H groups in total. The molecule has 4 heteroatoms. The van der Waals surface area contributed by atoms with Gasteiger partial charge in [0.1, 0.15) is 0 Å². The van der Waals surface area contributed by atoms with E-state index in [1.807, 2.05) is 0 Å². The highest BCUT2D eigenvalue weighted by Crippen LogP contribution is 2.05. The summed E-state index contributed by atoms with van der Waals surface area (Å²) in [5.74, 6) is 0. The van der Waals surface area contributed by atoms with Crippen LogP contribution in [0, 0.1) is 0 Å². The van der Waals surface area contributed by atoms with Gasteiger partial charge in [0.25, 0.3) is 5.56 Å². The van der Waals surface area contributed by atoms with Gasteiger partial charge in [-0.15, -0.1) is 0 Å². The number of anilines is 1. The summed E-state index contributed by atoms with van der Waals surface area (Å²) >= 11 is 0. The summed E-state index contributed by atoms with van der Waals surface area (Å²) in [5.41, 5.74) is 6.34. The van der Waals surface area contributed by atoms with Crippen LogP contribution < -0.4 is 11.3 Å². The lowest BCUT2D eigenvalue weighted by molar-refractivity contribution is 0.238. The van der Waals surface area contributed by atoms with Gasteiger partial charge < -0.3 is 15.2 Å². The third-order valence-electron chi connectivity index (χ3n) is 3.38. The molecule has 0 bridgehead atoms. The number of nitrogen functional groups attached to an aromatic ring is 1. The fraction of sp³-hybridized carbons (Fsp3) is 0.643. The summed E-state index contributed by atoms with van der Waals surface area (Å²) in [7, 11) is 2.14. The smallest absolute Gasteiger partial charge is 0.250 e. The van der Waals surface area contributed by atoms with Gasteiger partial charge in [0, 0.05) is 30.5 Å². The minimum atomic E-state index is 0.0217. The molecule has 0 aliphatic heterocycles. The van der Waals surface area contributed by atoms with Crippen molar-refractivity contribution in [2.45, 2.75) is 45.7 Å². The zero-order chi connectivity index (χ0) is 13.5. The van der Waals surface area contributed by atoms with Crippen LogP contribution in [-0.4, -0.2) is 29.1 Å². The third kappa shape index (κ3) is 4.53. The number of hydrogen-bond donors (Lipinski definition) is 1. The van der Waals surface area contributed by atoms with Crippen molar-refractivity contribution < 1.29 is 0 Å². The SMILES string of the molecule is CCCC(C)N(C)CCCn1cc(N)ccc1=O. The number of aromatic nitrogens is 1. The van der Waals surface area contributed by atoms with E-state index in [2.05, 4.69) is 25.8 Å². The van der Waals surface area contributed by atoms with Gasteiger partial charge in [-0.3, -0.25) is 4.79 Å². The highest BCUT2D eigenvalue weighted by atomic mass is 16.1. The maximum Gasteiger partial charge on any atom is 0.250 e. The van der Waals surface area contributed by atoms with Crippen molar-refractivity contribution in [3.63, 3.8) is 0 Å². The predicted octanol–water partition coefficient (Wildman–Crippen LogP) is 1.94. The third-order valence-corrected chi connectivity index (χ3v) is 3.38. The molecule has 0 spiro atoms. The van der Waals surface area contributed by atoms with Crippen molar-refractivity contribution in [2.75, 3.05) is 19.3 Å². The maximum atomic E-state index is 11.6. The molecule has 0 radical (unpaired) electrons. The number of hydrogen-bond acceptors (Lipinski definition) is 3. The summed E-state index contributed by atoms with van der Waals surface area (Å²) in [6.45, 7) is 6.18. The summed E-state index contributed by atoms with van der Waals surface area (Å²) in [6, 6.07) is 3.78. The van der Waals surface area contributed by atoms with Gasteiger partial charge in [-0.1, -0.05) is 13.3 Å². The van der Waals surface area contributed by atoms with Gasteiger partial charge >= 0.3 is 0 Å². The second-order valence-electron chi connectivity index (χ2n) is 4.97. The van der Waals surface area contributed by atoms with Crippen LogP contribution in [0.2, 0.25) is 0 Å². The van der Waals surface area contributed by atoms with Crippen molar-refractivity contribution in [3.8, 4) is 0 Å². The Morgan fingerprint density at radius 3 is 2.83 bits per heavy atom. The first-order valence-electron chi connectivity index (χ1n) is 6.70. The van der Waals surface area contributed by atoms with E-state index in [0.717, 1.165) is 19.5 Å². The molecule has 0 aliphatic carbocycles. The number of nitrogens with zero attached hydrogens (tertiary/aromatic N) is 2. The molecular formula is C14H25N3O. The molecule has 1 aromatic heterocycles. The summed E-state index contributed by atoms with van der Waals surface area (Å²) in [4.78, 5) is 13.9. The van der Waals surface area contributed by atoms with E-state index in [1.54, 1.807) is 16.8 Å². The van der Waals surface area contributed by atoms with Crippen LogP contribution in [0.1, 0.15) is 33.1 Å². The molecule has 0 saturated heterocycles. The molecule has 1 aromatic rings. The molecule has 0 amide bonds. The molecule has 4 nitrogen and oxygen atoms in total. The topological polar surface area (TPSA) is 51.3 Å². The van der Waals surface area contributed by atoms with Crippen molar-refractivity contribution in [2.24, 2.45) is 0 Å². The normalized spacial score (nSPS) is 12.9. The average Bonchev–Trinajstić information content (AvgIpc) is 2.33. The highest BCUT2D eigenvalue weighted by Gasteiger charge is 2.07. The number of nitrogens with two attached hydrogens (primary N) is 1. The quantitative estimate of drug-likeness (QED) is 0.805.